The number of alkyl carbamates (subject to hydrolysis) is 1. The molecule has 0 radical (unpaired) electrons. The van der Waals surface area contributed by atoms with Crippen molar-refractivity contribution in [1.82, 2.24) is 25.6 Å². The molecule has 304 valence electrons. The first-order valence-electron chi connectivity index (χ1n) is 17.6. The summed E-state index contributed by atoms with van der Waals surface area (Å²) < 4.78 is 77.3. The summed E-state index contributed by atoms with van der Waals surface area (Å²) in [6.45, 7) is 4.21. The third-order valence-corrected chi connectivity index (χ3v) is 7.96. The van der Waals surface area contributed by atoms with E-state index < -0.39 is 53.9 Å². The van der Waals surface area contributed by atoms with Crippen LogP contribution in [0.25, 0.3) is 0 Å². The third kappa shape index (κ3) is 12.7. The zero-order valence-electron chi connectivity index (χ0n) is 31.2. The highest BCUT2D eigenvalue weighted by Gasteiger charge is 2.45. The van der Waals surface area contributed by atoms with Crippen LogP contribution in [-0.2, 0) is 29.3 Å². The first-order valence-corrected chi connectivity index (χ1v) is 17.6. The minimum atomic E-state index is -4.66. The molecule has 2 aliphatic heterocycles. The van der Waals surface area contributed by atoms with Crippen LogP contribution in [0.2, 0.25) is 0 Å². The van der Waals surface area contributed by atoms with Crippen molar-refractivity contribution in [1.29, 1.82) is 0 Å². The van der Waals surface area contributed by atoms with Crippen molar-refractivity contribution >= 4 is 35.6 Å². The summed E-state index contributed by atoms with van der Waals surface area (Å²) in [6.07, 6.45) is -4.10. The number of aromatic nitrogens is 3. The molecule has 1 aliphatic carbocycles. The van der Waals surface area contributed by atoms with Gasteiger partial charge in [0.05, 0.1) is 51.2 Å². The van der Waals surface area contributed by atoms with Crippen LogP contribution in [0.4, 0.5) is 35.5 Å². The summed E-state index contributed by atoms with van der Waals surface area (Å²) in [5.41, 5.74) is -0.287. The van der Waals surface area contributed by atoms with Crippen molar-refractivity contribution in [2.75, 3.05) is 70.5 Å². The summed E-state index contributed by atoms with van der Waals surface area (Å²) >= 11 is 0. The number of carbonyl (C=O) groups is 3. The molecule has 2 aromatic carbocycles. The largest absolute Gasteiger partial charge is 0.491 e. The molecular formula is C36H44F3N7O10. The van der Waals surface area contributed by atoms with Crippen molar-refractivity contribution in [3.8, 4) is 17.5 Å². The number of ether oxygens (including phenoxy) is 7. The number of hydrogen-bond donors (Lipinski definition) is 4. The van der Waals surface area contributed by atoms with Crippen molar-refractivity contribution in [3.63, 3.8) is 0 Å². The Labute approximate surface area is 320 Å². The van der Waals surface area contributed by atoms with Gasteiger partial charge in [-0.1, -0.05) is 12.1 Å². The molecule has 56 heavy (non-hydrogen) atoms. The van der Waals surface area contributed by atoms with E-state index in [1.54, 1.807) is 20.8 Å². The standard InChI is InChI=1S/C36H44F3N7O10/c1-34(2,3)56-33(49)40-20-26(29(48)50-4)42-28(47)25-10-7-23-19-27(25)54-18-16-52-14-13-51-15-17-53-24-8-5-22(6-9-24)35(11-12-35)46-31-43-30(41-23)44-32(45-31)55-21-36(37,38)39/h5-10,19,26H,11-18,20-21H2,1-4H3,(H,40,49)(H,42,47)(H2,41,43,44,45,46)/t26-/m0/s1. The molecular weight excluding hydrogens is 747 g/mol. The number of hydrogen-bond acceptors (Lipinski definition) is 15. The Morgan fingerprint density at radius 3 is 2.20 bits per heavy atom. The lowest BCUT2D eigenvalue weighted by Gasteiger charge is -2.22. The van der Waals surface area contributed by atoms with Crippen molar-refractivity contribution in [3.05, 3.63) is 53.6 Å². The third-order valence-electron chi connectivity index (χ3n) is 7.96. The minimum absolute atomic E-state index is 0.0211. The minimum Gasteiger partial charge on any atom is -0.491 e. The lowest BCUT2D eigenvalue weighted by Crippen LogP contribution is -2.49. The number of anilines is 3. The van der Waals surface area contributed by atoms with E-state index in [0.29, 0.717) is 31.8 Å². The Balaban J connectivity index is 1.42. The quantitative estimate of drug-likeness (QED) is 0.195. The van der Waals surface area contributed by atoms with Gasteiger partial charge in [0.1, 0.15) is 36.4 Å². The second kappa shape index (κ2) is 18.3. The van der Waals surface area contributed by atoms with Gasteiger partial charge in [-0.25, -0.2) is 9.59 Å². The smallest absolute Gasteiger partial charge is 0.422 e. The zero-order valence-corrected chi connectivity index (χ0v) is 31.2. The number of alkyl halides is 3. The average molecular weight is 792 g/mol. The Morgan fingerprint density at radius 2 is 1.55 bits per heavy atom. The molecule has 3 heterocycles. The van der Waals surface area contributed by atoms with Crippen LogP contribution >= 0.6 is 0 Å². The predicted octanol–water partition coefficient (Wildman–Crippen LogP) is 4.26. The van der Waals surface area contributed by atoms with Crippen molar-refractivity contribution < 1.29 is 60.7 Å². The highest BCUT2D eigenvalue weighted by molar-refractivity contribution is 5.99. The highest BCUT2D eigenvalue weighted by Crippen LogP contribution is 2.48. The fourth-order valence-electron chi connectivity index (χ4n) is 5.23. The van der Waals surface area contributed by atoms with Gasteiger partial charge in [-0.2, -0.15) is 28.1 Å². The van der Waals surface area contributed by atoms with Gasteiger partial charge in [0.25, 0.3) is 5.91 Å². The molecule has 17 nitrogen and oxygen atoms in total. The van der Waals surface area contributed by atoms with Gasteiger partial charge < -0.3 is 54.4 Å². The summed E-state index contributed by atoms with van der Waals surface area (Å²) in [4.78, 5) is 51.0. The van der Waals surface area contributed by atoms with Crippen LogP contribution in [-0.4, -0.2) is 111 Å². The SMILES string of the molecule is COC(=O)[C@H](CNC(=O)OC(C)(C)C)NC(=O)c1ccc2cc1OCCOCCOCCOc1ccc(cc1)C1(CC1)Nc1nc(nc(OCC(F)(F)F)n1)N2. The van der Waals surface area contributed by atoms with Gasteiger partial charge in [-0.15, -0.1) is 0 Å². The predicted molar refractivity (Wildman–Crippen MR) is 192 cm³/mol. The van der Waals surface area contributed by atoms with Crippen LogP contribution in [0.3, 0.4) is 0 Å². The van der Waals surface area contributed by atoms with Gasteiger partial charge in [0, 0.05) is 11.8 Å². The molecule has 1 atom stereocenters. The van der Waals surface area contributed by atoms with E-state index in [4.69, 9.17) is 33.2 Å². The molecule has 1 saturated carbocycles. The Kier molecular flexibility index (Phi) is 13.6. The molecule has 1 spiro atoms. The first-order chi connectivity index (χ1) is 26.6. The Bertz CT molecular complexity index is 1820. The molecule has 2 amide bonds. The summed E-state index contributed by atoms with van der Waals surface area (Å²) in [5.74, 6) is -1.18. The number of benzene rings is 2. The molecule has 6 rings (SSSR count). The first kappa shape index (κ1) is 41.5. The number of esters is 1. The lowest BCUT2D eigenvalue weighted by atomic mass is 10.1. The molecule has 1 fully saturated rings. The highest BCUT2D eigenvalue weighted by atomic mass is 19.4. The number of nitrogens with zero attached hydrogens (tertiary/aromatic N) is 3. The van der Waals surface area contributed by atoms with E-state index in [0.717, 1.165) is 12.7 Å². The van der Waals surface area contributed by atoms with Crippen LogP contribution < -0.4 is 35.5 Å². The van der Waals surface area contributed by atoms with Crippen LogP contribution in [0.5, 0.6) is 17.5 Å². The van der Waals surface area contributed by atoms with Gasteiger partial charge in [-0.3, -0.25) is 4.79 Å². The maximum absolute atomic E-state index is 13.6. The van der Waals surface area contributed by atoms with Gasteiger partial charge in [0.2, 0.25) is 11.9 Å². The van der Waals surface area contributed by atoms with Gasteiger partial charge >= 0.3 is 24.2 Å². The number of halogens is 3. The van der Waals surface area contributed by atoms with E-state index in [1.807, 2.05) is 24.3 Å². The number of carbonyl (C=O) groups excluding carboxylic acids is 3. The summed E-state index contributed by atoms with van der Waals surface area (Å²) in [5, 5.41) is 11.1. The molecule has 6 bridgehead atoms. The number of nitrogens with one attached hydrogen (secondary N) is 4. The maximum Gasteiger partial charge on any atom is 0.422 e. The second-order valence-corrected chi connectivity index (χ2v) is 13.6. The maximum atomic E-state index is 13.6. The molecule has 4 N–H and O–H groups in total. The van der Waals surface area contributed by atoms with E-state index in [2.05, 4.69) is 36.2 Å². The van der Waals surface area contributed by atoms with Crippen LogP contribution in [0.1, 0.15) is 49.5 Å². The van der Waals surface area contributed by atoms with Crippen molar-refractivity contribution in [2.24, 2.45) is 0 Å². The zero-order chi connectivity index (χ0) is 40.3. The summed E-state index contributed by atoms with van der Waals surface area (Å²) in [6, 6.07) is 9.74. The van der Waals surface area contributed by atoms with E-state index in [-0.39, 0.29) is 61.9 Å². The molecule has 0 saturated heterocycles. The fourth-order valence-corrected chi connectivity index (χ4v) is 5.23. The van der Waals surface area contributed by atoms with E-state index in [9.17, 15) is 27.6 Å². The normalized spacial score (nSPS) is 16.4. The van der Waals surface area contributed by atoms with E-state index in [1.165, 1.54) is 18.2 Å². The number of rotatable bonds is 7. The van der Waals surface area contributed by atoms with E-state index >= 15 is 0 Å². The average Bonchev–Trinajstić information content (AvgIpc) is 3.92. The Morgan fingerprint density at radius 1 is 0.893 bits per heavy atom. The second-order valence-electron chi connectivity index (χ2n) is 13.6. The molecule has 20 heteroatoms. The Hall–Kier alpha value is -5.63. The lowest BCUT2D eigenvalue weighted by molar-refractivity contribution is -0.154. The topological polar surface area (TPSA) is 203 Å². The number of fused-ring (bicyclic) bond motifs is 11. The van der Waals surface area contributed by atoms with Crippen LogP contribution in [0, 0.1) is 0 Å². The van der Waals surface area contributed by atoms with Gasteiger partial charge in [-0.05, 0) is 63.4 Å². The molecule has 0 unspecified atom stereocenters. The molecule has 1 aromatic heterocycles. The van der Waals surface area contributed by atoms with Crippen LogP contribution in [0.15, 0.2) is 42.5 Å². The number of methoxy groups -OCH3 is 1. The monoisotopic (exact) mass is 791 g/mol. The molecule has 3 aliphatic rings. The van der Waals surface area contributed by atoms with Gasteiger partial charge in [0.15, 0.2) is 6.61 Å². The molecule has 3 aromatic rings. The number of amides is 2. The fraction of sp³-hybridized carbons (Fsp3) is 0.500. The summed E-state index contributed by atoms with van der Waals surface area (Å²) in [7, 11) is 1.13. The van der Waals surface area contributed by atoms with Crippen molar-refractivity contribution in [2.45, 2.75) is 57.0 Å².